The lowest BCUT2D eigenvalue weighted by Gasteiger charge is -2.52. The van der Waals surface area contributed by atoms with Crippen LogP contribution in [0.5, 0.6) is 23.3 Å². The van der Waals surface area contributed by atoms with Gasteiger partial charge < -0.3 is 18.9 Å². The van der Waals surface area contributed by atoms with E-state index in [1.54, 1.807) is 14.2 Å². The predicted octanol–water partition coefficient (Wildman–Crippen LogP) is 9.22. The van der Waals surface area contributed by atoms with Crippen molar-refractivity contribution < 1.29 is 18.9 Å². The third-order valence-corrected chi connectivity index (χ3v) is 14.3. The Kier molecular flexibility index (Phi) is 10.0. The highest BCUT2D eigenvalue weighted by Crippen LogP contribution is 2.47. The van der Waals surface area contributed by atoms with E-state index in [1.807, 2.05) is 36.7 Å². The molecule has 4 bridgehead atoms. The molecule has 3 aromatic heterocycles. The van der Waals surface area contributed by atoms with E-state index in [0.717, 1.165) is 94.2 Å². The minimum Gasteiger partial charge on any atom is -0.497 e. The molecule has 9 heterocycles. The molecule has 6 fully saturated rings. The SMILES string of the molecule is CC[C@@H]1CN2CC[C@H]1CC2[C@@H](Oc1nnc(O[C@@H](c2ccnc3ccc(OC)cc23)[C@H]2C[C@@H]3CCN2C[C@@H]3CC)c2ccccc12)c1ccnc2ccc(OC)cc12. The number of nitrogens with zero attached hydrogens (tertiary/aromatic N) is 6. The zero-order chi connectivity index (χ0) is 39.3. The second-order valence-electron chi connectivity index (χ2n) is 17.0. The molecule has 0 spiro atoms. The summed E-state index contributed by atoms with van der Waals surface area (Å²) in [6.07, 6.45) is 10.2. The molecule has 300 valence electrons. The largest absolute Gasteiger partial charge is 0.497 e. The van der Waals surface area contributed by atoms with Gasteiger partial charge in [-0.25, -0.2) is 0 Å². The maximum absolute atomic E-state index is 7.30. The number of hydrogen-bond donors (Lipinski definition) is 0. The molecule has 0 radical (unpaired) electrons. The fraction of sp³-hybridized carbons (Fsp3) is 0.458. The topological polar surface area (TPSA) is 95.0 Å². The van der Waals surface area contributed by atoms with Gasteiger partial charge in [-0.15, -0.1) is 10.2 Å². The molecule has 3 unspecified atom stereocenters. The van der Waals surface area contributed by atoms with Crippen LogP contribution in [0.3, 0.4) is 0 Å². The van der Waals surface area contributed by atoms with E-state index in [4.69, 9.17) is 39.1 Å². The summed E-state index contributed by atoms with van der Waals surface area (Å²) in [7, 11) is 3.42. The normalized spacial score (nSPS) is 27.4. The van der Waals surface area contributed by atoms with Gasteiger partial charge in [0.1, 0.15) is 23.7 Å². The molecule has 3 aromatic carbocycles. The van der Waals surface area contributed by atoms with Crippen LogP contribution in [-0.2, 0) is 0 Å². The van der Waals surface area contributed by atoms with Crippen LogP contribution in [0, 0.1) is 23.7 Å². The van der Waals surface area contributed by atoms with Gasteiger partial charge in [0.2, 0.25) is 11.8 Å². The van der Waals surface area contributed by atoms with E-state index < -0.39 is 0 Å². The number of rotatable bonds is 12. The first kappa shape index (κ1) is 37.2. The molecular formula is C48H54N6O4. The minimum atomic E-state index is -0.300. The van der Waals surface area contributed by atoms with Crippen molar-refractivity contribution in [3.8, 4) is 23.3 Å². The van der Waals surface area contributed by atoms with Gasteiger partial charge in [0, 0.05) is 47.4 Å². The van der Waals surface area contributed by atoms with Crippen molar-refractivity contribution in [3.63, 3.8) is 0 Å². The summed E-state index contributed by atoms with van der Waals surface area (Å²) in [4.78, 5) is 14.8. The summed E-state index contributed by atoms with van der Waals surface area (Å²) < 4.78 is 26.0. The summed E-state index contributed by atoms with van der Waals surface area (Å²) >= 11 is 0. The highest BCUT2D eigenvalue weighted by Gasteiger charge is 2.46. The van der Waals surface area contributed by atoms with Gasteiger partial charge in [-0.05, 0) is 123 Å². The molecule has 10 nitrogen and oxygen atoms in total. The third-order valence-electron chi connectivity index (χ3n) is 14.3. The second-order valence-corrected chi connectivity index (χ2v) is 17.0. The zero-order valence-corrected chi connectivity index (χ0v) is 34.1. The van der Waals surface area contributed by atoms with Crippen molar-refractivity contribution in [2.75, 3.05) is 40.4 Å². The second kappa shape index (κ2) is 15.6. The van der Waals surface area contributed by atoms with Crippen molar-refractivity contribution in [1.29, 1.82) is 0 Å². The molecule has 58 heavy (non-hydrogen) atoms. The van der Waals surface area contributed by atoms with Gasteiger partial charge in [-0.2, -0.15) is 0 Å². The Labute approximate surface area is 340 Å². The lowest BCUT2D eigenvalue weighted by atomic mass is 9.72. The molecule has 6 aromatic rings. The summed E-state index contributed by atoms with van der Waals surface area (Å²) in [6, 6.07) is 25.1. The van der Waals surface area contributed by atoms with Crippen LogP contribution in [-0.4, -0.2) is 82.4 Å². The summed E-state index contributed by atoms with van der Waals surface area (Å²) in [5.41, 5.74) is 4.01. The van der Waals surface area contributed by atoms with Crippen LogP contribution in [0.2, 0.25) is 0 Å². The lowest BCUT2D eigenvalue weighted by Crippen LogP contribution is -2.56. The monoisotopic (exact) mass is 778 g/mol. The molecule has 0 amide bonds. The number of piperidine rings is 6. The standard InChI is InChI=1S/C48H54N6O4/c1-5-29-27-53-21-17-31(29)23-43(53)45(35-15-19-49-41-13-11-33(55-3)25-39(35)41)57-47-37-9-7-8-10-38(37)48(52-51-47)58-46(44-24-32-18-22-54(44)28-30(32)6-2)36-16-20-50-42-14-12-34(56-4)26-40(36)42/h7-16,19-20,25-26,29-32,43-46H,5-6,17-18,21-24,27-28H2,1-4H3/t29-,30+,31-,32-,43+,44?,45-,46-/m0/s1. The minimum absolute atomic E-state index is 0.180. The average molecular weight is 779 g/mol. The van der Waals surface area contributed by atoms with Crippen molar-refractivity contribution in [2.45, 2.75) is 76.7 Å². The van der Waals surface area contributed by atoms with E-state index >= 15 is 0 Å². The van der Waals surface area contributed by atoms with Crippen molar-refractivity contribution in [3.05, 3.63) is 96.3 Å². The number of pyridine rings is 2. The Balaban J connectivity index is 1.06. The van der Waals surface area contributed by atoms with Crippen LogP contribution in [0.25, 0.3) is 32.6 Å². The molecule has 0 aliphatic carbocycles. The molecule has 12 rings (SSSR count). The van der Waals surface area contributed by atoms with Gasteiger partial charge in [-0.1, -0.05) is 38.8 Å². The molecule has 6 saturated heterocycles. The lowest BCUT2D eigenvalue weighted by molar-refractivity contribution is -0.0505. The average Bonchev–Trinajstić information content (AvgIpc) is 3.29. The first-order valence-corrected chi connectivity index (χ1v) is 21.5. The Morgan fingerprint density at radius 3 is 1.47 bits per heavy atom. The van der Waals surface area contributed by atoms with Gasteiger partial charge in [0.05, 0.1) is 48.1 Å². The van der Waals surface area contributed by atoms with Crippen LogP contribution >= 0.6 is 0 Å². The van der Waals surface area contributed by atoms with E-state index in [2.05, 4.69) is 72.2 Å². The van der Waals surface area contributed by atoms with Crippen LogP contribution < -0.4 is 18.9 Å². The van der Waals surface area contributed by atoms with Crippen LogP contribution in [0.1, 0.15) is 75.7 Å². The summed E-state index contributed by atoms with van der Waals surface area (Å²) in [5, 5.41) is 13.7. The number of aromatic nitrogens is 4. The summed E-state index contributed by atoms with van der Waals surface area (Å²) in [5.74, 6) is 5.39. The van der Waals surface area contributed by atoms with Crippen molar-refractivity contribution in [1.82, 2.24) is 30.0 Å². The van der Waals surface area contributed by atoms with E-state index in [0.29, 0.717) is 35.4 Å². The third kappa shape index (κ3) is 6.58. The maximum atomic E-state index is 7.30. The molecular weight excluding hydrogens is 725 g/mol. The Bertz CT molecular complexity index is 2280. The highest BCUT2D eigenvalue weighted by atomic mass is 16.5. The Hall–Kier alpha value is -5.06. The number of methoxy groups -OCH3 is 2. The highest BCUT2D eigenvalue weighted by molar-refractivity contribution is 5.91. The summed E-state index contributed by atoms with van der Waals surface area (Å²) in [6.45, 7) is 9.00. The van der Waals surface area contributed by atoms with Crippen molar-refractivity contribution >= 4 is 32.6 Å². The molecule has 10 heteroatoms. The number of ether oxygens (including phenoxy) is 4. The van der Waals surface area contributed by atoms with Crippen molar-refractivity contribution in [2.24, 2.45) is 23.7 Å². The quantitative estimate of drug-likeness (QED) is 0.120. The first-order chi connectivity index (χ1) is 28.5. The molecule has 10 atom stereocenters. The van der Waals surface area contributed by atoms with Gasteiger partial charge >= 0.3 is 0 Å². The molecule has 6 aliphatic rings. The maximum Gasteiger partial charge on any atom is 0.242 e. The molecule has 6 aliphatic heterocycles. The van der Waals surface area contributed by atoms with E-state index in [-0.39, 0.29) is 24.3 Å². The van der Waals surface area contributed by atoms with Crippen LogP contribution in [0.4, 0.5) is 0 Å². The van der Waals surface area contributed by atoms with E-state index in [1.165, 1.54) is 25.7 Å². The Morgan fingerprint density at radius 1 is 0.603 bits per heavy atom. The molecule has 0 saturated carbocycles. The van der Waals surface area contributed by atoms with Crippen LogP contribution in [0.15, 0.2) is 85.2 Å². The smallest absolute Gasteiger partial charge is 0.242 e. The zero-order valence-electron chi connectivity index (χ0n) is 34.1. The van der Waals surface area contributed by atoms with Gasteiger partial charge in [0.25, 0.3) is 0 Å². The number of hydrogen-bond acceptors (Lipinski definition) is 10. The van der Waals surface area contributed by atoms with E-state index in [9.17, 15) is 0 Å². The first-order valence-electron chi connectivity index (χ1n) is 21.5. The Morgan fingerprint density at radius 2 is 1.07 bits per heavy atom. The van der Waals surface area contributed by atoms with Gasteiger partial charge in [0.15, 0.2) is 0 Å². The number of fused-ring (bicyclic) bond motifs is 9. The fourth-order valence-electron chi connectivity index (χ4n) is 11.1. The predicted molar refractivity (Wildman–Crippen MR) is 227 cm³/mol. The van der Waals surface area contributed by atoms with Gasteiger partial charge in [-0.3, -0.25) is 19.8 Å². The molecule has 0 N–H and O–H groups in total. The fourth-order valence-corrected chi connectivity index (χ4v) is 11.1. The number of benzene rings is 3.